The lowest BCUT2D eigenvalue weighted by Crippen LogP contribution is -2.15. The predicted molar refractivity (Wildman–Crippen MR) is 70.9 cm³/mol. The van der Waals surface area contributed by atoms with E-state index < -0.39 is 10.8 Å². The summed E-state index contributed by atoms with van der Waals surface area (Å²) in [5, 5.41) is 0.699. The van der Waals surface area contributed by atoms with Gasteiger partial charge in [0.05, 0.1) is 21.7 Å². The number of hydrogen-bond donors (Lipinski definition) is 0. The number of fused-ring (bicyclic) bond motifs is 1. The lowest BCUT2D eigenvalue weighted by atomic mass is 10.1. The lowest BCUT2D eigenvalue weighted by Gasteiger charge is -2.10. The molecule has 90 valence electrons. The van der Waals surface area contributed by atoms with Gasteiger partial charge in [0.2, 0.25) is 5.43 Å². The highest BCUT2D eigenvalue weighted by Crippen LogP contribution is 2.17. The summed E-state index contributed by atoms with van der Waals surface area (Å²) in [6.07, 6.45) is 4.00. The summed E-state index contributed by atoms with van der Waals surface area (Å²) in [5.74, 6) is 0. The van der Waals surface area contributed by atoms with Crippen LogP contribution >= 0.6 is 0 Å². The fourth-order valence-corrected chi connectivity index (χ4v) is 2.74. The topological polar surface area (TPSA) is 39.1 Å². The van der Waals surface area contributed by atoms with Crippen LogP contribution in [0.1, 0.15) is 12.5 Å². The zero-order valence-electron chi connectivity index (χ0n) is 10.2. The Balaban J connectivity index is 3.01. The molecule has 2 rings (SSSR count). The van der Waals surface area contributed by atoms with Crippen molar-refractivity contribution < 1.29 is 4.21 Å². The highest BCUT2D eigenvalue weighted by atomic mass is 32.2. The normalized spacial score (nSPS) is 12.9. The molecule has 0 bridgehead atoms. The summed E-state index contributed by atoms with van der Waals surface area (Å²) >= 11 is 0. The largest absolute Gasteiger partial charge is 0.349 e. The molecule has 0 saturated heterocycles. The zero-order chi connectivity index (χ0) is 12.6. The minimum atomic E-state index is -1.25. The van der Waals surface area contributed by atoms with Crippen LogP contribution in [0.25, 0.3) is 10.9 Å². The van der Waals surface area contributed by atoms with E-state index in [2.05, 4.69) is 0 Å². The van der Waals surface area contributed by atoms with Gasteiger partial charge in [-0.15, -0.1) is 0 Å². The molecule has 0 fully saturated rings. The number of aromatic nitrogens is 1. The number of nitrogens with zero attached hydrogens (tertiary/aromatic N) is 1. The molecule has 0 radical (unpaired) electrons. The van der Waals surface area contributed by atoms with E-state index in [0.29, 0.717) is 10.3 Å². The van der Waals surface area contributed by atoms with Crippen LogP contribution in [0, 0.1) is 0 Å². The third-order valence-corrected chi connectivity index (χ3v) is 3.87. The van der Waals surface area contributed by atoms with E-state index in [1.165, 1.54) is 6.26 Å². The van der Waals surface area contributed by atoms with E-state index in [4.69, 9.17) is 0 Å². The van der Waals surface area contributed by atoms with Crippen LogP contribution in [-0.2, 0) is 24.3 Å². The number of benzene rings is 1. The number of hydrogen-bond acceptors (Lipinski definition) is 2. The second kappa shape index (κ2) is 4.45. The molecule has 0 spiro atoms. The van der Waals surface area contributed by atoms with Crippen molar-refractivity contribution in [1.29, 1.82) is 0 Å². The molecule has 3 nitrogen and oxygen atoms in total. The van der Waals surface area contributed by atoms with Crippen molar-refractivity contribution >= 4 is 21.7 Å². The Labute approximate surface area is 103 Å². The molecular weight excluding hydrogens is 234 g/mol. The molecule has 0 aliphatic heterocycles. The maximum atomic E-state index is 12.3. The van der Waals surface area contributed by atoms with Crippen molar-refractivity contribution in [3.8, 4) is 0 Å². The van der Waals surface area contributed by atoms with Crippen molar-refractivity contribution in [3.63, 3.8) is 0 Å². The van der Waals surface area contributed by atoms with Crippen molar-refractivity contribution in [2.24, 2.45) is 7.05 Å². The molecule has 1 unspecified atom stereocenters. The third-order valence-electron chi connectivity index (χ3n) is 2.96. The maximum absolute atomic E-state index is 12.3. The van der Waals surface area contributed by atoms with Gasteiger partial charge >= 0.3 is 0 Å². The number of pyridine rings is 1. The van der Waals surface area contributed by atoms with E-state index >= 15 is 0 Å². The van der Waals surface area contributed by atoms with E-state index in [9.17, 15) is 9.00 Å². The molecule has 2 aromatic rings. The van der Waals surface area contributed by atoms with E-state index in [1.807, 2.05) is 36.7 Å². The first kappa shape index (κ1) is 12.0. The zero-order valence-corrected chi connectivity index (χ0v) is 11.0. The molecule has 1 aromatic heterocycles. The van der Waals surface area contributed by atoms with Crippen LogP contribution in [0.5, 0.6) is 0 Å². The van der Waals surface area contributed by atoms with Crippen LogP contribution in [0.15, 0.2) is 34.1 Å². The number of rotatable bonds is 2. The van der Waals surface area contributed by atoms with Gasteiger partial charge in [-0.3, -0.25) is 9.00 Å². The van der Waals surface area contributed by atoms with Gasteiger partial charge in [0.15, 0.2) is 0 Å². The molecule has 0 saturated carbocycles. The fourth-order valence-electron chi connectivity index (χ4n) is 2.07. The summed E-state index contributed by atoms with van der Waals surface area (Å²) in [4.78, 5) is 12.7. The van der Waals surface area contributed by atoms with Gasteiger partial charge in [-0.25, -0.2) is 0 Å². The minimum Gasteiger partial charge on any atom is -0.349 e. The molecule has 0 amide bonds. The molecule has 17 heavy (non-hydrogen) atoms. The van der Waals surface area contributed by atoms with Crippen molar-refractivity contribution in [2.75, 3.05) is 6.26 Å². The Morgan fingerprint density at radius 2 is 2.06 bits per heavy atom. The Kier molecular flexibility index (Phi) is 3.15. The van der Waals surface area contributed by atoms with Gasteiger partial charge in [-0.05, 0) is 18.1 Å². The first-order valence-electron chi connectivity index (χ1n) is 5.51. The second-order valence-electron chi connectivity index (χ2n) is 4.05. The smallest absolute Gasteiger partial charge is 0.205 e. The van der Waals surface area contributed by atoms with Gasteiger partial charge in [-0.1, -0.05) is 19.1 Å². The Morgan fingerprint density at radius 1 is 1.35 bits per heavy atom. The minimum absolute atomic E-state index is 0.101. The molecule has 1 aromatic carbocycles. The molecule has 0 N–H and O–H groups in total. The summed E-state index contributed by atoms with van der Waals surface area (Å²) in [6, 6.07) is 5.81. The molecule has 0 aliphatic rings. The summed E-state index contributed by atoms with van der Waals surface area (Å²) in [6.45, 7) is 2.02. The van der Waals surface area contributed by atoms with E-state index in [0.717, 1.165) is 17.5 Å². The Morgan fingerprint density at radius 3 is 2.65 bits per heavy atom. The van der Waals surface area contributed by atoms with Crippen molar-refractivity contribution in [3.05, 3.63) is 40.2 Å². The Hall–Kier alpha value is -1.42. The molecular formula is C13H15NO2S. The average molecular weight is 249 g/mol. The lowest BCUT2D eigenvalue weighted by molar-refractivity contribution is 0.685. The van der Waals surface area contributed by atoms with Crippen LogP contribution < -0.4 is 5.43 Å². The molecule has 1 heterocycles. The highest BCUT2D eigenvalue weighted by Gasteiger charge is 2.12. The predicted octanol–water partition coefficient (Wildman–Crippen LogP) is 1.84. The van der Waals surface area contributed by atoms with Crippen LogP contribution in [0.2, 0.25) is 0 Å². The monoisotopic (exact) mass is 249 g/mol. The van der Waals surface area contributed by atoms with Crippen LogP contribution in [-0.4, -0.2) is 15.0 Å². The summed E-state index contributed by atoms with van der Waals surface area (Å²) in [5.41, 5.74) is 1.80. The molecule has 1 atom stereocenters. The Bertz CT molecular complexity index is 658. The second-order valence-corrected chi connectivity index (χ2v) is 5.40. The summed E-state index contributed by atoms with van der Waals surface area (Å²) in [7, 11) is 0.622. The standard InChI is InChI=1S/C13H15NO2S/c1-4-9-6-5-7-10-12(9)13(15)11(17(3)16)8-14(10)2/h5-8H,4H2,1-3H3. The number of aryl methyl sites for hydroxylation is 2. The third kappa shape index (κ3) is 1.93. The van der Waals surface area contributed by atoms with Crippen molar-refractivity contribution in [2.45, 2.75) is 18.2 Å². The van der Waals surface area contributed by atoms with Gasteiger partial charge < -0.3 is 4.57 Å². The maximum Gasteiger partial charge on any atom is 0.205 e. The average Bonchev–Trinajstić information content (AvgIpc) is 2.32. The van der Waals surface area contributed by atoms with E-state index in [1.54, 1.807) is 6.20 Å². The van der Waals surface area contributed by atoms with Gasteiger partial charge in [0.25, 0.3) is 0 Å². The first-order valence-corrected chi connectivity index (χ1v) is 7.06. The highest BCUT2D eigenvalue weighted by molar-refractivity contribution is 7.84. The van der Waals surface area contributed by atoms with Gasteiger partial charge in [-0.2, -0.15) is 0 Å². The van der Waals surface area contributed by atoms with Crippen LogP contribution in [0.3, 0.4) is 0 Å². The van der Waals surface area contributed by atoms with Crippen LogP contribution in [0.4, 0.5) is 0 Å². The van der Waals surface area contributed by atoms with E-state index in [-0.39, 0.29) is 5.43 Å². The quantitative estimate of drug-likeness (QED) is 0.814. The first-order chi connectivity index (χ1) is 8.06. The SMILES string of the molecule is CCc1cccc2c1c(=O)c(S(C)=O)cn2C. The molecule has 0 aliphatic carbocycles. The van der Waals surface area contributed by atoms with Crippen molar-refractivity contribution in [1.82, 2.24) is 4.57 Å². The van der Waals surface area contributed by atoms with Gasteiger partial charge in [0.1, 0.15) is 4.90 Å². The van der Waals surface area contributed by atoms with Gasteiger partial charge in [0, 0.05) is 19.5 Å². The fraction of sp³-hybridized carbons (Fsp3) is 0.308. The summed E-state index contributed by atoms with van der Waals surface area (Å²) < 4.78 is 13.4. The molecule has 4 heteroatoms.